The zero-order valence-electron chi connectivity index (χ0n) is 16.0. The van der Waals surface area contributed by atoms with Crippen LogP contribution in [-0.4, -0.2) is 24.2 Å². The molecule has 0 atom stereocenters. The third kappa shape index (κ3) is 2.50. The average Bonchev–Trinajstić information content (AvgIpc) is 3.01. The molecule has 1 saturated heterocycles. The Hall–Kier alpha value is -2.11. The van der Waals surface area contributed by atoms with Crippen LogP contribution in [0.5, 0.6) is 0 Å². The molecule has 2 heterocycles. The maximum Gasteiger partial charge on any atom is 0.495 e. The first kappa shape index (κ1) is 17.3. The van der Waals surface area contributed by atoms with Gasteiger partial charge in [-0.1, -0.05) is 30.3 Å². The van der Waals surface area contributed by atoms with Gasteiger partial charge in [0.05, 0.1) is 17.7 Å². The highest BCUT2D eigenvalue weighted by Crippen LogP contribution is 2.37. The maximum atomic E-state index is 12.9. The van der Waals surface area contributed by atoms with Crippen LogP contribution >= 0.6 is 0 Å². The van der Waals surface area contributed by atoms with Crippen LogP contribution in [0.25, 0.3) is 0 Å². The maximum absolute atomic E-state index is 12.9. The minimum absolute atomic E-state index is 0.0507. The van der Waals surface area contributed by atoms with E-state index in [1.807, 2.05) is 82.0 Å². The van der Waals surface area contributed by atoms with E-state index in [1.54, 1.807) is 0 Å². The van der Waals surface area contributed by atoms with E-state index in [0.29, 0.717) is 6.54 Å². The smallest absolute Gasteiger partial charge is 0.399 e. The molecule has 5 heteroatoms. The van der Waals surface area contributed by atoms with Crippen LogP contribution in [0.3, 0.4) is 0 Å². The van der Waals surface area contributed by atoms with Crippen molar-refractivity contribution in [2.45, 2.75) is 52.4 Å². The SMILES string of the molecule is Cc1c(B2OC(C)(C)C(C)(C)O2)cccc1N1Cc2ccccc2C1=O. The predicted octanol–water partition coefficient (Wildman–Crippen LogP) is 3.45. The molecule has 0 saturated carbocycles. The monoisotopic (exact) mass is 349 g/mol. The number of rotatable bonds is 2. The molecular formula is C21H24BNO3. The summed E-state index contributed by atoms with van der Waals surface area (Å²) in [5.74, 6) is 0.0507. The molecule has 1 amide bonds. The molecule has 0 N–H and O–H groups in total. The van der Waals surface area contributed by atoms with Crippen LogP contribution in [0, 0.1) is 6.92 Å². The Kier molecular flexibility index (Phi) is 3.79. The molecular weight excluding hydrogens is 325 g/mol. The van der Waals surface area contributed by atoms with Crippen LogP contribution in [0.1, 0.15) is 49.2 Å². The summed E-state index contributed by atoms with van der Waals surface area (Å²) in [7, 11) is -0.431. The summed E-state index contributed by atoms with van der Waals surface area (Å²) in [6, 6.07) is 13.8. The number of carbonyl (C=O) groups is 1. The molecule has 26 heavy (non-hydrogen) atoms. The first-order valence-electron chi connectivity index (χ1n) is 9.06. The lowest BCUT2D eigenvalue weighted by Gasteiger charge is -2.32. The molecule has 2 aromatic rings. The van der Waals surface area contributed by atoms with Crippen LogP contribution in [0.2, 0.25) is 0 Å². The van der Waals surface area contributed by atoms with Crippen molar-refractivity contribution in [2.75, 3.05) is 4.90 Å². The number of amides is 1. The molecule has 4 nitrogen and oxygen atoms in total. The van der Waals surface area contributed by atoms with Crippen LogP contribution in [0.4, 0.5) is 5.69 Å². The predicted molar refractivity (Wildman–Crippen MR) is 104 cm³/mol. The molecule has 0 unspecified atom stereocenters. The second-order valence-electron chi connectivity index (χ2n) is 8.13. The van der Waals surface area contributed by atoms with Gasteiger partial charge < -0.3 is 14.2 Å². The van der Waals surface area contributed by atoms with Gasteiger partial charge in [0.2, 0.25) is 0 Å². The van der Waals surface area contributed by atoms with Gasteiger partial charge in [-0.3, -0.25) is 4.79 Å². The average molecular weight is 349 g/mol. The molecule has 4 rings (SSSR count). The van der Waals surface area contributed by atoms with Crippen LogP contribution in [-0.2, 0) is 15.9 Å². The lowest BCUT2D eigenvalue weighted by atomic mass is 9.75. The molecule has 2 aliphatic rings. The molecule has 0 aliphatic carbocycles. The molecule has 1 fully saturated rings. The quantitative estimate of drug-likeness (QED) is 0.780. The van der Waals surface area contributed by atoms with Gasteiger partial charge in [0.15, 0.2) is 0 Å². The van der Waals surface area contributed by atoms with Gasteiger partial charge in [-0.15, -0.1) is 0 Å². The Morgan fingerprint density at radius 1 is 0.962 bits per heavy atom. The first-order valence-corrected chi connectivity index (χ1v) is 9.06. The van der Waals surface area contributed by atoms with Crippen molar-refractivity contribution in [3.8, 4) is 0 Å². The van der Waals surface area contributed by atoms with Gasteiger partial charge in [0.1, 0.15) is 0 Å². The van der Waals surface area contributed by atoms with E-state index in [-0.39, 0.29) is 17.1 Å². The van der Waals surface area contributed by atoms with Crippen LogP contribution < -0.4 is 10.4 Å². The number of hydrogen-bond acceptors (Lipinski definition) is 3. The molecule has 2 aliphatic heterocycles. The van der Waals surface area contributed by atoms with E-state index in [4.69, 9.17) is 9.31 Å². The second kappa shape index (κ2) is 5.70. The number of hydrogen-bond donors (Lipinski definition) is 0. The van der Waals surface area contributed by atoms with Gasteiger partial charge >= 0.3 is 7.12 Å². The van der Waals surface area contributed by atoms with Crippen LogP contribution in [0.15, 0.2) is 42.5 Å². The second-order valence-corrected chi connectivity index (χ2v) is 8.13. The fourth-order valence-corrected chi connectivity index (χ4v) is 3.61. The Morgan fingerprint density at radius 3 is 2.27 bits per heavy atom. The normalized spacial score (nSPS) is 20.6. The van der Waals surface area contributed by atoms with Crippen molar-refractivity contribution in [2.24, 2.45) is 0 Å². The molecule has 0 bridgehead atoms. The topological polar surface area (TPSA) is 38.8 Å². The zero-order valence-corrected chi connectivity index (χ0v) is 16.0. The molecule has 2 aromatic carbocycles. The summed E-state index contributed by atoms with van der Waals surface area (Å²) in [5, 5.41) is 0. The molecule has 0 radical (unpaired) electrons. The summed E-state index contributed by atoms with van der Waals surface area (Å²) < 4.78 is 12.4. The molecule has 134 valence electrons. The fraction of sp³-hybridized carbons (Fsp3) is 0.381. The van der Waals surface area contributed by atoms with E-state index in [9.17, 15) is 4.79 Å². The largest absolute Gasteiger partial charge is 0.495 e. The summed E-state index contributed by atoms with van der Waals surface area (Å²) in [5.41, 5.74) is 3.99. The van der Waals surface area contributed by atoms with Gasteiger partial charge in [-0.25, -0.2) is 0 Å². The third-order valence-corrected chi connectivity index (χ3v) is 5.97. The highest BCUT2D eigenvalue weighted by molar-refractivity contribution is 6.62. The lowest BCUT2D eigenvalue weighted by Crippen LogP contribution is -2.41. The number of anilines is 1. The molecule has 0 aromatic heterocycles. The summed E-state index contributed by atoms with van der Waals surface area (Å²) in [6.07, 6.45) is 0. The number of nitrogens with zero attached hydrogens (tertiary/aromatic N) is 1. The fourth-order valence-electron chi connectivity index (χ4n) is 3.61. The number of benzene rings is 2. The summed E-state index contributed by atoms with van der Waals surface area (Å²) in [4.78, 5) is 14.7. The summed E-state index contributed by atoms with van der Waals surface area (Å²) in [6.45, 7) is 10.8. The standard InChI is InChI=1S/C21H24BNO3/c1-14-17(22-25-20(2,3)21(4,5)26-22)11-8-12-18(14)23-13-15-9-6-7-10-16(15)19(23)24/h6-12H,13H2,1-5H3. The van der Waals surface area contributed by atoms with Gasteiger partial charge in [0.25, 0.3) is 5.91 Å². The highest BCUT2D eigenvalue weighted by Gasteiger charge is 2.52. The summed E-state index contributed by atoms with van der Waals surface area (Å²) >= 11 is 0. The van der Waals surface area contributed by atoms with Crippen molar-refractivity contribution in [3.63, 3.8) is 0 Å². The Morgan fingerprint density at radius 2 is 1.62 bits per heavy atom. The van der Waals surface area contributed by atoms with Crippen molar-refractivity contribution in [3.05, 3.63) is 59.2 Å². The van der Waals surface area contributed by atoms with Crippen molar-refractivity contribution < 1.29 is 14.1 Å². The van der Waals surface area contributed by atoms with Crippen molar-refractivity contribution in [1.29, 1.82) is 0 Å². The van der Waals surface area contributed by atoms with Crippen molar-refractivity contribution in [1.82, 2.24) is 0 Å². The van der Waals surface area contributed by atoms with Gasteiger partial charge in [-0.2, -0.15) is 0 Å². The van der Waals surface area contributed by atoms with Gasteiger partial charge in [0, 0.05) is 11.3 Å². The van der Waals surface area contributed by atoms with E-state index in [0.717, 1.165) is 27.8 Å². The minimum atomic E-state index is -0.431. The van der Waals surface area contributed by atoms with E-state index in [2.05, 4.69) is 0 Å². The Labute approximate surface area is 155 Å². The minimum Gasteiger partial charge on any atom is -0.399 e. The third-order valence-electron chi connectivity index (χ3n) is 5.97. The van der Waals surface area contributed by atoms with E-state index in [1.165, 1.54) is 0 Å². The Bertz CT molecular complexity index is 875. The number of fused-ring (bicyclic) bond motifs is 1. The Balaban J connectivity index is 1.70. The lowest BCUT2D eigenvalue weighted by molar-refractivity contribution is 0.00578. The van der Waals surface area contributed by atoms with Gasteiger partial charge in [-0.05, 0) is 63.3 Å². The van der Waals surface area contributed by atoms with E-state index < -0.39 is 7.12 Å². The first-order chi connectivity index (χ1) is 12.2. The highest BCUT2D eigenvalue weighted by atomic mass is 16.7. The number of carbonyl (C=O) groups excluding carboxylic acids is 1. The zero-order chi connectivity index (χ0) is 18.7. The van der Waals surface area contributed by atoms with Crippen molar-refractivity contribution >= 4 is 24.2 Å². The molecule has 0 spiro atoms. The van der Waals surface area contributed by atoms with E-state index >= 15 is 0 Å².